The Kier molecular flexibility index (Phi) is 4.79. The average molecular weight is 281 g/mol. The van der Waals surface area contributed by atoms with Crippen LogP contribution in [0, 0.1) is 5.82 Å². The lowest BCUT2D eigenvalue weighted by Crippen LogP contribution is -2.34. The van der Waals surface area contributed by atoms with Gasteiger partial charge in [-0.3, -0.25) is 0 Å². The first-order valence-electron chi connectivity index (χ1n) is 6.72. The van der Waals surface area contributed by atoms with Crippen LogP contribution in [-0.4, -0.2) is 37.3 Å². The zero-order valence-electron chi connectivity index (χ0n) is 11.6. The molecule has 1 saturated heterocycles. The van der Waals surface area contributed by atoms with E-state index in [9.17, 15) is 4.39 Å². The Morgan fingerprint density at radius 1 is 1.55 bits per heavy atom. The van der Waals surface area contributed by atoms with Crippen LogP contribution in [0.2, 0.25) is 0 Å². The molecule has 1 unspecified atom stereocenters. The first kappa shape index (κ1) is 14.6. The summed E-state index contributed by atoms with van der Waals surface area (Å²) in [6.07, 6.45) is 3.38. The molecule has 0 aromatic heterocycles. The van der Waals surface area contributed by atoms with Gasteiger partial charge < -0.3 is 20.6 Å². The highest BCUT2D eigenvalue weighted by molar-refractivity contribution is 6.02. The standard InChI is InChI=1S/C14H20FN3O2/c1-18(9-10-5-2-3-8-20-10)12-7-4-6-11(15)13(12)14(16)17-19/h4,6-7,10,19H,2-3,5,8-9H2,1H3,(H2,16,17). The van der Waals surface area contributed by atoms with Crippen molar-refractivity contribution in [3.8, 4) is 0 Å². The Morgan fingerprint density at radius 3 is 3.00 bits per heavy atom. The molecule has 1 atom stereocenters. The summed E-state index contributed by atoms with van der Waals surface area (Å²) in [6, 6.07) is 4.65. The van der Waals surface area contributed by atoms with Crippen LogP contribution in [0.1, 0.15) is 24.8 Å². The molecule has 0 radical (unpaired) electrons. The second kappa shape index (κ2) is 6.56. The second-order valence-electron chi connectivity index (χ2n) is 4.99. The van der Waals surface area contributed by atoms with Gasteiger partial charge in [0.2, 0.25) is 0 Å². The number of rotatable bonds is 4. The molecule has 0 saturated carbocycles. The van der Waals surface area contributed by atoms with Gasteiger partial charge in [-0.2, -0.15) is 0 Å². The number of nitrogens with zero attached hydrogens (tertiary/aromatic N) is 2. The summed E-state index contributed by atoms with van der Waals surface area (Å²) in [5, 5.41) is 11.7. The highest BCUT2D eigenvalue weighted by Crippen LogP contribution is 2.24. The molecule has 2 rings (SSSR count). The average Bonchev–Trinajstić information content (AvgIpc) is 2.47. The summed E-state index contributed by atoms with van der Waals surface area (Å²) < 4.78 is 19.6. The third kappa shape index (κ3) is 3.19. The van der Waals surface area contributed by atoms with Crippen molar-refractivity contribution in [1.29, 1.82) is 0 Å². The maximum Gasteiger partial charge on any atom is 0.175 e. The van der Waals surface area contributed by atoms with Crippen molar-refractivity contribution in [3.63, 3.8) is 0 Å². The van der Waals surface area contributed by atoms with E-state index in [1.807, 2.05) is 11.9 Å². The second-order valence-corrected chi connectivity index (χ2v) is 4.99. The Hall–Kier alpha value is -1.82. The van der Waals surface area contributed by atoms with Gasteiger partial charge in [-0.1, -0.05) is 11.2 Å². The lowest BCUT2D eigenvalue weighted by Gasteiger charge is -2.29. The first-order valence-corrected chi connectivity index (χ1v) is 6.72. The molecule has 1 aromatic rings. The molecule has 110 valence electrons. The summed E-state index contributed by atoms with van der Waals surface area (Å²) in [7, 11) is 1.85. The number of benzene rings is 1. The molecule has 5 nitrogen and oxygen atoms in total. The number of oxime groups is 1. The van der Waals surface area contributed by atoms with Crippen molar-refractivity contribution in [2.45, 2.75) is 25.4 Å². The van der Waals surface area contributed by atoms with Crippen molar-refractivity contribution < 1.29 is 14.3 Å². The summed E-state index contributed by atoms with van der Waals surface area (Å²) in [5.41, 5.74) is 6.28. The number of ether oxygens (including phenoxy) is 1. The van der Waals surface area contributed by atoms with Gasteiger partial charge in [-0.15, -0.1) is 0 Å². The van der Waals surface area contributed by atoms with E-state index in [1.165, 1.54) is 6.07 Å². The first-order chi connectivity index (χ1) is 9.63. The zero-order chi connectivity index (χ0) is 14.5. The lowest BCUT2D eigenvalue weighted by atomic mass is 10.1. The SMILES string of the molecule is CN(CC1CCCCO1)c1cccc(F)c1C(N)=NO. The minimum Gasteiger partial charge on any atom is -0.409 e. The van der Waals surface area contributed by atoms with Crippen LogP contribution in [0.3, 0.4) is 0 Å². The summed E-state index contributed by atoms with van der Waals surface area (Å²) >= 11 is 0. The quantitative estimate of drug-likeness (QED) is 0.383. The fraction of sp³-hybridized carbons (Fsp3) is 0.500. The Labute approximate surface area is 117 Å². The van der Waals surface area contributed by atoms with Gasteiger partial charge >= 0.3 is 0 Å². The molecule has 1 aliphatic heterocycles. The normalized spacial score (nSPS) is 19.9. The van der Waals surface area contributed by atoms with E-state index in [4.69, 9.17) is 15.7 Å². The largest absolute Gasteiger partial charge is 0.409 e. The molecule has 1 aliphatic rings. The van der Waals surface area contributed by atoms with E-state index in [0.29, 0.717) is 12.2 Å². The van der Waals surface area contributed by atoms with E-state index in [-0.39, 0.29) is 17.5 Å². The lowest BCUT2D eigenvalue weighted by molar-refractivity contribution is 0.0216. The molecular weight excluding hydrogens is 261 g/mol. The van der Waals surface area contributed by atoms with E-state index in [1.54, 1.807) is 12.1 Å². The molecule has 0 spiro atoms. The Balaban J connectivity index is 2.20. The van der Waals surface area contributed by atoms with Crippen LogP contribution < -0.4 is 10.6 Å². The van der Waals surface area contributed by atoms with Crippen molar-refractivity contribution in [2.75, 3.05) is 25.1 Å². The highest BCUT2D eigenvalue weighted by atomic mass is 19.1. The van der Waals surface area contributed by atoms with Gasteiger partial charge in [0.25, 0.3) is 0 Å². The predicted molar refractivity (Wildman–Crippen MR) is 75.8 cm³/mol. The number of halogens is 1. The minimum atomic E-state index is -0.505. The van der Waals surface area contributed by atoms with Crippen LogP contribution in [0.5, 0.6) is 0 Å². The van der Waals surface area contributed by atoms with Gasteiger partial charge in [-0.05, 0) is 31.4 Å². The highest BCUT2D eigenvalue weighted by Gasteiger charge is 2.20. The van der Waals surface area contributed by atoms with E-state index >= 15 is 0 Å². The van der Waals surface area contributed by atoms with Crippen LogP contribution in [0.15, 0.2) is 23.4 Å². The maximum atomic E-state index is 13.9. The zero-order valence-corrected chi connectivity index (χ0v) is 11.6. The van der Waals surface area contributed by atoms with Crippen LogP contribution in [-0.2, 0) is 4.74 Å². The summed E-state index contributed by atoms with van der Waals surface area (Å²) in [4.78, 5) is 1.88. The van der Waals surface area contributed by atoms with E-state index in [2.05, 4.69) is 5.16 Å². The molecule has 1 aromatic carbocycles. The Bertz CT molecular complexity index is 487. The third-order valence-corrected chi connectivity index (χ3v) is 3.52. The minimum absolute atomic E-state index is 0.119. The fourth-order valence-electron chi connectivity index (χ4n) is 2.49. The van der Waals surface area contributed by atoms with Crippen molar-refractivity contribution in [3.05, 3.63) is 29.6 Å². The molecule has 1 heterocycles. The molecule has 0 amide bonds. The van der Waals surface area contributed by atoms with Gasteiger partial charge in [-0.25, -0.2) is 4.39 Å². The predicted octanol–water partition coefficient (Wildman–Crippen LogP) is 1.93. The number of amidine groups is 1. The van der Waals surface area contributed by atoms with Crippen LogP contribution in [0.4, 0.5) is 10.1 Å². The molecule has 3 N–H and O–H groups in total. The Morgan fingerprint density at radius 2 is 2.35 bits per heavy atom. The monoisotopic (exact) mass is 281 g/mol. The molecule has 0 bridgehead atoms. The number of hydrogen-bond donors (Lipinski definition) is 2. The van der Waals surface area contributed by atoms with Crippen LogP contribution >= 0.6 is 0 Å². The number of anilines is 1. The number of nitrogens with two attached hydrogens (primary N) is 1. The molecule has 0 aliphatic carbocycles. The van der Waals surface area contributed by atoms with Gasteiger partial charge in [0.1, 0.15) is 5.82 Å². The smallest absolute Gasteiger partial charge is 0.175 e. The molecule has 1 fully saturated rings. The summed E-state index contributed by atoms with van der Waals surface area (Å²) in [5.74, 6) is -0.733. The van der Waals surface area contributed by atoms with Crippen molar-refractivity contribution >= 4 is 11.5 Å². The van der Waals surface area contributed by atoms with E-state index in [0.717, 1.165) is 25.9 Å². The molecular formula is C14H20FN3O2. The van der Waals surface area contributed by atoms with Gasteiger partial charge in [0.15, 0.2) is 5.84 Å². The summed E-state index contributed by atoms with van der Waals surface area (Å²) in [6.45, 7) is 1.42. The molecule has 20 heavy (non-hydrogen) atoms. The van der Waals surface area contributed by atoms with Gasteiger partial charge in [0.05, 0.1) is 17.4 Å². The molecule has 6 heteroatoms. The van der Waals surface area contributed by atoms with Crippen molar-refractivity contribution in [2.24, 2.45) is 10.9 Å². The van der Waals surface area contributed by atoms with Crippen molar-refractivity contribution in [1.82, 2.24) is 0 Å². The maximum absolute atomic E-state index is 13.9. The van der Waals surface area contributed by atoms with Gasteiger partial charge in [0, 0.05) is 20.2 Å². The van der Waals surface area contributed by atoms with Crippen LogP contribution in [0.25, 0.3) is 0 Å². The number of likely N-dealkylation sites (N-methyl/N-ethyl adjacent to an activating group) is 1. The topological polar surface area (TPSA) is 71.1 Å². The van der Waals surface area contributed by atoms with E-state index < -0.39 is 5.82 Å². The third-order valence-electron chi connectivity index (χ3n) is 3.52. The fourth-order valence-corrected chi connectivity index (χ4v) is 2.49. The number of hydrogen-bond acceptors (Lipinski definition) is 4.